The van der Waals surface area contributed by atoms with Gasteiger partial charge >= 0.3 is 0 Å². The minimum Gasteiger partial charge on any atom is -0.495 e. The lowest BCUT2D eigenvalue weighted by Crippen LogP contribution is -2.38. The zero-order valence-corrected chi connectivity index (χ0v) is 18.5. The first kappa shape index (κ1) is 23.2. The zero-order chi connectivity index (χ0) is 23.5. The summed E-state index contributed by atoms with van der Waals surface area (Å²) in [4.78, 5) is 12.6. The highest BCUT2D eigenvalue weighted by atomic mass is 32.2. The van der Waals surface area contributed by atoms with E-state index in [9.17, 15) is 22.0 Å². The monoisotopic (exact) mass is 460 g/mol. The van der Waals surface area contributed by atoms with Gasteiger partial charge in [0.15, 0.2) is 0 Å². The molecule has 0 heterocycles. The summed E-state index contributed by atoms with van der Waals surface area (Å²) < 4.78 is 60.5. The third kappa shape index (κ3) is 5.05. The van der Waals surface area contributed by atoms with Crippen LogP contribution >= 0.6 is 0 Å². The second kappa shape index (κ2) is 9.35. The number of sulfonamides is 1. The molecule has 6 nitrogen and oxygen atoms in total. The molecule has 0 bridgehead atoms. The topological polar surface area (TPSA) is 75.7 Å². The van der Waals surface area contributed by atoms with Gasteiger partial charge < -0.3 is 10.1 Å². The number of nitrogens with zero attached hydrogens (tertiary/aromatic N) is 1. The minimum atomic E-state index is -4.25. The summed E-state index contributed by atoms with van der Waals surface area (Å²) >= 11 is 0. The molecule has 9 heteroatoms. The van der Waals surface area contributed by atoms with Crippen molar-refractivity contribution in [2.45, 2.75) is 18.7 Å². The minimum absolute atomic E-state index is 0.109. The molecule has 0 aliphatic carbocycles. The summed E-state index contributed by atoms with van der Waals surface area (Å²) in [7, 11) is -2.89. The molecule has 1 N–H and O–H groups in total. The largest absolute Gasteiger partial charge is 0.495 e. The lowest BCUT2D eigenvalue weighted by Gasteiger charge is -2.25. The highest BCUT2D eigenvalue weighted by Crippen LogP contribution is 2.31. The van der Waals surface area contributed by atoms with Gasteiger partial charge in [0.1, 0.15) is 28.8 Å². The van der Waals surface area contributed by atoms with E-state index in [2.05, 4.69) is 5.32 Å². The molecule has 0 aliphatic rings. The van der Waals surface area contributed by atoms with Crippen molar-refractivity contribution in [2.24, 2.45) is 0 Å². The molecule has 0 atom stereocenters. The van der Waals surface area contributed by atoms with Crippen LogP contribution in [0.1, 0.15) is 11.1 Å². The Kier molecular flexibility index (Phi) is 6.78. The Morgan fingerprint density at radius 3 is 2.38 bits per heavy atom. The molecule has 1 amide bonds. The van der Waals surface area contributed by atoms with Gasteiger partial charge in [-0.1, -0.05) is 18.2 Å². The summed E-state index contributed by atoms with van der Waals surface area (Å²) in [5.41, 5.74) is 1.46. The van der Waals surface area contributed by atoms with Crippen molar-refractivity contribution in [3.8, 4) is 5.75 Å². The fraction of sp³-hybridized carbons (Fsp3) is 0.174. The quantitative estimate of drug-likeness (QED) is 0.566. The van der Waals surface area contributed by atoms with Crippen molar-refractivity contribution in [3.63, 3.8) is 0 Å². The third-order valence-corrected chi connectivity index (χ3v) is 6.46. The average molecular weight is 461 g/mol. The third-order valence-electron chi connectivity index (χ3n) is 4.67. The van der Waals surface area contributed by atoms with Crippen LogP contribution in [-0.4, -0.2) is 28.0 Å². The normalized spacial score (nSPS) is 11.2. The Morgan fingerprint density at radius 2 is 1.72 bits per heavy atom. The maximum absolute atomic E-state index is 14.0. The number of anilines is 2. The van der Waals surface area contributed by atoms with E-state index in [0.717, 1.165) is 22.0 Å². The van der Waals surface area contributed by atoms with E-state index in [0.29, 0.717) is 11.6 Å². The summed E-state index contributed by atoms with van der Waals surface area (Å²) in [6.45, 7) is 2.88. The average Bonchev–Trinajstić information content (AvgIpc) is 2.74. The number of nitrogens with one attached hydrogen (secondary N) is 1. The molecule has 0 unspecified atom stereocenters. The maximum atomic E-state index is 14.0. The number of amides is 1. The second-order valence-electron chi connectivity index (χ2n) is 7.18. The Labute approximate surface area is 185 Å². The van der Waals surface area contributed by atoms with Crippen LogP contribution in [0, 0.1) is 25.5 Å². The number of carbonyl (C=O) groups excluding carboxylic acids is 1. The Balaban J connectivity index is 2.03. The summed E-state index contributed by atoms with van der Waals surface area (Å²) in [6.07, 6.45) is 0. The van der Waals surface area contributed by atoms with Gasteiger partial charge in [-0.3, -0.25) is 9.10 Å². The number of carbonyl (C=O) groups is 1. The number of halogens is 2. The molecule has 3 aromatic rings. The molecular weight excluding hydrogens is 438 g/mol. The van der Waals surface area contributed by atoms with Crippen LogP contribution in [0.5, 0.6) is 5.75 Å². The number of rotatable bonds is 7. The van der Waals surface area contributed by atoms with E-state index >= 15 is 0 Å². The molecule has 0 radical (unpaired) electrons. The van der Waals surface area contributed by atoms with Crippen LogP contribution in [0.15, 0.2) is 65.6 Å². The Hall–Kier alpha value is -3.46. The second-order valence-corrected chi connectivity index (χ2v) is 9.01. The molecule has 168 valence electrons. The van der Waals surface area contributed by atoms with Gasteiger partial charge in [0, 0.05) is 6.07 Å². The number of methoxy groups -OCH3 is 1. The Morgan fingerprint density at radius 1 is 1.00 bits per heavy atom. The molecule has 0 fully saturated rings. The standard InChI is InChI=1S/C23H22F2N2O4S/c1-15-5-4-6-18(11-15)27(14-23(28)26-20-9-8-17(24)13-19(20)25)32(29,30)22-12-16(2)7-10-21(22)31-3/h4-13H,14H2,1-3H3,(H,26,28). The van der Waals surface area contributed by atoms with Crippen LogP contribution in [0.4, 0.5) is 20.2 Å². The first-order valence-corrected chi connectivity index (χ1v) is 11.0. The predicted octanol–water partition coefficient (Wildman–Crippen LogP) is 4.42. The van der Waals surface area contributed by atoms with Crippen LogP contribution in [0.3, 0.4) is 0 Å². The zero-order valence-electron chi connectivity index (χ0n) is 17.7. The van der Waals surface area contributed by atoms with E-state index in [1.807, 2.05) is 0 Å². The van der Waals surface area contributed by atoms with Gasteiger partial charge in [0.2, 0.25) is 5.91 Å². The molecule has 3 rings (SSSR count). The molecule has 0 spiro atoms. The number of ether oxygens (including phenoxy) is 1. The number of benzene rings is 3. The maximum Gasteiger partial charge on any atom is 0.268 e. The van der Waals surface area contributed by atoms with Crippen molar-refractivity contribution in [1.29, 1.82) is 0 Å². The van der Waals surface area contributed by atoms with Crippen LogP contribution in [0.25, 0.3) is 0 Å². The number of aryl methyl sites for hydroxylation is 2. The van der Waals surface area contributed by atoms with Crippen molar-refractivity contribution in [1.82, 2.24) is 0 Å². The molecule has 32 heavy (non-hydrogen) atoms. The van der Waals surface area contributed by atoms with Gasteiger partial charge in [-0.15, -0.1) is 0 Å². The molecule has 0 aromatic heterocycles. The van der Waals surface area contributed by atoms with E-state index in [1.165, 1.54) is 19.2 Å². The van der Waals surface area contributed by atoms with E-state index < -0.39 is 34.1 Å². The summed E-state index contributed by atoms with van der Waals surface area (Å²) in [5.74, 6) is -2.44. The smallest absolute Gasteiger partial charge is 0.268 e. The van der Waals surface area contributed by atoms with E-state index in [1.54, 1.807) is 44.2 Å². The van der Waals surface area contributed by atoms with Crippen molar-refractivity contribution in [2.75, 3.05) is 23.3 Å². The highest BCUT2D eigenvalue weighted by Gasteiger charge is 2.30. The van der Waals surface area contributed by atoms with Crippen LogP contribution in [-0.2, 0) is 14.8 Å². The first-order valence-electron chi connectivity index (χ1n) is 9.61. The molecule has 0 aliphatic heterocycles. The molecular formula is C23H22F2N2O4S. The van der Waals surface area contributed by atoms with Gasteiger partial charge in [-0.25, -0.2) is 17.2 Å². The lowest BCUT2D eigenvalue weighted by molar-refractivity contribution is -0.114. The van der Waals surface area contributed by atoms with Gasteiger partial charge in [0.25, 0.3) is 10.0 Å². The first-order chi connectivity index (χ1) is 15.1. The fourth-order valence-electron chi connectivity index (χ4n) is 3.11. The molecule has 0 saturated heterocycles. The van der Waals surface area contributed by atoms with Crippen molar-refractivity contribution >= 4 is 27.3 Å². The molecule has 3 aromatic carbocycles. The van der Waals surface area contributed by atoms with E-state index in [-0.39, 0.29) is 22.0 Å². The highest BCUT2D eigenvalue weighted by molar-refractivity contribution is 7.93. The van der Waals surface area contributed by atoms with Crippen LogP contribution in [0.2, 0.25) is 0 Å². The molecule has 0 saturated carbocycles. The van der Waals surface area contributed by atoms with Gasteiger partial charge in [0.05, 0.1) is 18.5 Å². The Bertz CT molecular complexity index is 1260. The van der Waals surface area contributed by atoms with Crippen molar-refractivity contribution < 1.29 is 26.7 Å². The van der Waals surface area contributed by atoms with Gasteiger partial charge in [-0.05, 0) is 61.4 Å². The van der Waals surface area contributed by atoms with Crippen LogP contribution < -0.4 is 14.4 Å². The van der Waals surface area contributed by atoms with Gasteiger partial charge in [-0.2, -0.15) is 0 Å². The lowest BCUT2D eigenvalue weighted by atomic mass is 10.2. The summed E-state index contributed by atoms with van der Waals surface area (Å²) in [5, 5.41) is 2.30. The predicted molar refractivity (Wildman–Crippen MR) is 118 cm³/mol. The fourth-order valence-corrected chi connectivity index (χ4v) is 4.77. The number of hydrogen-bond donors (Lipinski definition) is 1. The summed E-state index contributed by atoms with van der Waals surface area (Å²) in [6, 6.07) is 14.0. The SMILES string of the molecule is COc1ccc(C)cc1S(=O)(=O)N(CC(=O)Nc1ccc(F)cc1F)c1cccc(C)c1. The number of hydrogen-bond acceptors (Lipinski definition) is 4. The van der Waals surface area contributed by atoms with E-state index in [4.69, 9.17) is 4.74 Å². The van der Waals surface area contributed by atoms with Crippen molar-refractivity contribution in [3.05, 3.63) is 83.4 Å².